The van der Waals surface area contributed by atoms with E-state index >= 15 is 0 Å². The van der Waals surface area contributed by atoms with E-state index in [1.54, 1.807) is 24.3 Å². The second kappa shape index (κ2) is 6.86. The van der Waals surface area contributed by atoms with Gasteiger partial charge in [-0.1, -0.05) is 6.08 Å². The lowest BCUT2D eigenvalue weighted by Crippen LogP contribution is -2.36. The first-order valence-electron chi connectivity index (χ1n) is 8.19. The monoisotopic (exact) mass is 314 g/mol. The molecule has 0 spiro atoms. The van der Waals surface area contributed by atoms with Crippen LogP contribution in [0.15, 0.2) is 36.0 Å². The van der Waals surface area contributed by atoms with Crippen molar-refractivity contribution in [1.29, 1.82) is 0 Å². The molecule has 0 heterocycles. The van der Waals surface area contributed by atoms with Crippen molar-refractivity contribution in [2.24, 2.45) is 5.73 Å². The third-order valence-corrected chi connectivity index (χ3v) is 4.26. The fraction of sp³-hybridized carbons (Fsp3) is 0.444. The number of ether oxygens (including phenoxy) is 1. The number of hydrogen-bond donors (Lipinski definition) is 1. The molecule has 1 aromatic carbocycles. The molecule has 1 fully saturated rings. The molecule has 0 aromatic heterocycles. The van der Waals surface area contributed by atoms with Gasteiger partial charge in [0.1, 0.15) is 5.75 Å². The number of benzene rings is 1. The summed E-state index contributed by atoms with van der Waals surface area (Å²) in [7, 11) is 0. The van der Waals surface area contributed by atoms with Crippen LogP contribution in [-0.4, -0.2) is 29.4 Å². The first-order valence-corrected chi connectivity index (χ1v) is 8.19. The first kappa shape index (κ1) is 15.6. The summed E-state index contributed by atoms with van der Waals surface area (Å²) in [5, 5.41) is 0. The van der Waals surface area contributed by atoms with Gasteiger partial charge >= 0.3 is 0 Å². The van der Waals surface area contributed by atoms with Crippen molar-refractivity contribution in [3.8, 4) is 5.75 Å². The van der Waals surface area contributed by atoms with E-state index in [-0.39, 0.29) is 12.5 Å². The third-order valence-electron chi connectivity index (χ3n) is 4.26. The van der Waals surface area contributed by atoms with Gasteiger partial charge in [0.2, 0.25) is 5.91 Å². The molecule has 2 aliphatic rings. The summed E-state index contributed by atoms with van der Waals surface area (Å²) in [5.74, 6) is 0.105. The largest absolute Gasteiger partial charge is 0.484 e. The molecule has 1 aromatic rings. The van der Waals surface area contributed by atoms with Crippen molar-refractivity contribution in [1.82, 2.24) is 4.90 Å². The molecule has 0 atom stereocenters. The molecular formula is C18H22N2O3. The van der Waals surface area contributed by atoms with Crippen LogP contribution in [0.3, 0.4) is 0 Å². The summed E-state index contributed by atoms with van der Waals surface area (Å²) in [6.45, 7) is 0.0176. The van der Waals surface area contributed by atoms with Gasteiger partial charge < -0.3 is 15.4 Å². The Morgan fingerprint density at radius 3 is 2.48 bits per heavy atom. The van der Waals surface area contributed by atoms with E-state index < -0.39 is 5.91 Å². The molecule has 0 aliphatic heterocycles. The van der Waals surface area contributed by atoms with Crippen molar-refractivity contribution in [3.05, 3.63) is 41.6 Å². The van der Waals surface area contributed by atoms with Gasteiger partial charge in [-0.25, -0.2) is 0 Å². The zero-order valence-electron chi connectivity index (χ0n) is 13.2. The normalized spacial score (nSPS) is 17.3. The Morgan fingerprint density at radius 1 is 1.17 bits per heavy atom. The summed E-state index contributed by atoms with van der Waals surface area (Å²) in [6.07, 6.45) is 8.75. The average molecular weight is 314 g/mol. The van der Waals surface area contributed by atoms with Gasteiger partial charge in [0.25, 0.3) is 5.91 Å². The zero-order chi connectivity index (χ0) is 16.2. The molecule has 5 heteroatoms. The quantitative estimate of drug-likeness (QED) is 0.877. The van der Waals surface area contributed by atoms with Crippen LogP contribution in [0, 0.1) is 0 Å². The Labute approximate surface area is 136 Å². The van der Waals surface area contributed by atoms with Gasteiger partial charge in [0.15, 0.2) is 6.61 Å². The van der Waals surface area contributed by atoms with E-state index in [4.69, 9.17) is 10.5 Å². The lowest BCUT2D eigenvalue weighted by atomic mass is 10.0. The van der Waals surface area contributed by atoms with E-state index in [1.165, 1.54) is 6.42 Å². The predicted octanol–water partition coefficient (Wildman–Crippen LogP) is 2.61. The first-order chi connectivity index (χ1) is 11.1. The SMILES string of the molecule is NC(=O)c1ccc(OCC(=O)N(C2=CCCCC2)C2CC2)cc1. The smallest absolute Gasteiger partial charge is 0.264 e. The van der Waals surface area contributed by atoms with Gasteiger partial charge in [0, 0.05) is 17.3 Å². The summed E-state index contributed by atoms with van der Waals surface area (Å²) >= 11 is 0. The number of rotatable bonds is 6. The number of carbonyl (C=O) groups is 2. The molecule has 2 aliphatic carbocycles. The summed E-state index contributed by atoms with van der Waals surface area (Å²) in [4.78, 5) is 25.5. The maximum atomic E-state index is 12.6. The van der Waals surface area contributed by atoms with Crippen LogP contribution in [0.5, 0.6) is 5.75 Å². The molecular weight excluding hydrogens is 292 g/mol. The lowest BCUT2D eigenvalue weighted by Gasteiger charge is -2.27. The Bertz CT molecular complexity index is 618. The van der Waals surface area contributed by atoms with Crippen LogP contribution in [0.25, 0.3) is 0 Å². The van der Waals surface area contributed by atoms with Crippen LogP contribution >= 0.6 is 0 Å². The Balaban J connectivity index is 1.60. The Kier molecular flexibility index (Phi) is 4.65. The number of carbonyl (C=O) groups excluding carboxylic acids is 2. The van der Waals surface area contributed by atoms with Crippen LogP contribution in [0.1, 0.15) is 48.9 Å². The number of nitrogens with two attached hydrogens (primary N) is 1. The van der Waals surface area contributed by atoms with Gasteiger partial charge in [-0.3, -0.25) is 9.59 Å². The average Bonchev–Trinajstić information content (AvgIpc) is 3.39. The molecule has 23 heavy (non-hydrogen) atoms. The van der Waals surface area contributed by atoms with Crippen molar-refractivity contribution in [2.45, 2.75) is 44.6 Å². The topological polar surface area (TPSA) is 72.6 Å². The van der Waals surface area contributed by atoms with Crippen molar-refractivity contribution in [3.63, 3.8) is 0 Å². The highest BCUT2D eigenvalue weighted by Crippen LogP contribution is 2.33. The molecule has 0 bridgehead atoms. The van der Waals surface area contributed by atoms with Crippen molar-refractivity contribution in [2.75, 3.05) is 6.61 Å². The van der Waals surface area contributed by atoms with E-state index in [0.717, 1.165) is 37.8 Å². The highest BCUT2D eigenvalue weighted by molar-refractivity contribution is 5.92. The molecule has 122 valence electrons. The highest BCUT2D eigenvalue weighted by Gasteiger charge is 2.35. The molecule has 0 radical (unpaired) electrons. The minimum Gasteiger partial charge on any atom is -0.484 e. The molecule has 0 unspecified atom stereocenters. The van der Waals surface area contributed by atoms with Crippen molar-refractivity contribution >= 4 is 11.8 Å². The second-order valence-electron chi connectivity index (χ2n) is 6.11. The molecule has 2 amide bonds. The maximum absolute atomic E-state index is 12.6. The van der Waals surface area contributed by atoms with Crippen molar-refractivity contribution < 1.29 is 14.3 Å². The van der Waals surface area contributed by atoms with Crippen LogP contribution in [0.2, 0.25) is 0 Å². The maximum Gasteiger partial charge on any atom is 0.264 e. The van der Waals surface area contributed by atoms with Gasteiger partial charge in [-0.05, 0) is 62.8 Å². The predicted molar refractivity (Wildman–Crippen MR) is 86.9 cm³/mol. The summed E-state index contributed by atoms with van der Waals surface area (Å²) in [6, 6.07) is 6.88. The fourth-order valence-corrected chi connectivity index (χ4v) is 2.90. The minimum absolute atomic E-state index is 0.0135. The Morgan fingerprint density at radius 2 is 1.91 bits per heavy atom. The van der Waals surface area contributed by atoms with Crippen LogP contribution in [0.4, 0.5) is 0 Å². The molecule has 3 rings (SSSR count). The van der Waals surface area contributed by atoms with E-state index in [1.807, 2.05) is 4.90 Å². The minimum atomic E-state index is -0.475. The summed E-state index contributed by atoms with van der Waals surface area (Å²) < 4.78 is 5.58. The van der Waals surface area contributed by atoms with E-state index in [0.29, 0.717) is 17.4 Å². The third kappa shape index (κ3) is 3.92. The van der Waals surface area contributed by atoms with Crippen LogP contribution in [-0.2, 0) is 4.79 Å². The number of primary amides is 1. The lowest BCUT2D eigenvalue weighted by molar-refractivity contribution is -0.132. The van der Waals surface area contributed by atoms with E-state index in [9.17, 15) is 9.59 Å². The summed E-state index contributed by atoms with van der Waals surface area (Å²) in [5.41, 5.74) is 6.79. The number of amides is 2. The van der Waals surface area contributed by atoms with Gasteiger partial charge in [0.05, 0.1) is 0 Å². The fourth-order valence-electron chi connectivity index (χ4n) is 2.90. The number of allylic oxidation sites excluding steroid dienone is 2. The molecule has 0 saturated heterocycles. The second-order valence-corrected chi connectivity index (χ2v) is 6.11. The zero-order valence-corrected chi connectivity index (χ0v) is 13.2. The van der Waals surface area contributed by atoms with Crippen LogP contribution < -0.4 is 10.5 Å². The molecule has 1 saturated carbocycles. The van der Waals surface area contributed by atoms with Gasteiger partial charge in [-0.2, -0.15) is 0 Å². The number of hydrogen-bond acceptors (Lipinski definition) is 3. The molecule has 2 N–H and O–H groups in total. The molecule has 5 nitrogen and oxygen atoms in total. The Hall–Kier alpha value is -2.30. The highest BCUT2D eigenvalue weighted by atomic mass is 16.5. The van der Waals surface area contributed by atoms with E-state index in [2.05, 4.69) is 6.08 Å². The van der Waals surface area contributed by atoms with Gasteiger partial charge in [-0.15, -0.1) is 0 Å². The standard InChI is InChI=1S/C18H22N2O3/c19-18(22)13-6-10-16(11-7-13)23-12-17(21)20(15-8-9-15)14-4-2-1-3-5-14/h4,6-7,10-11,15H,1-3,5,8-9,12H2,(H2,19,22). The number of nitrogens with zero attached hydrogens (tertiary/aromatic N) is 1.